The Labute approximate surface area is 209 Å². The summed E-state index contributed by atoms with van der Waals surface area (Å²) in [5, 5.41) is 14.2. The molecular formula is C21H21F6N5O6. The fraction of sp³-hybridized carbons (Fsp3) is 0.429. The van der Waals surface area contributed by atoms with Crippen LogP contribution in [0, 0.1) is 5.41 Å². The zero-order valence-corrected chi connectivity index (χ0v) is 19.5. The first-order valence-electron chi connectivity index (χ1n) is 10.6. The van der Waals surface area contributed by atoms with Crippen molar-refractivity contribution in [1.82, 2.24) is 14.5 Å². The zero-order valence-electron chi connectivity index (χ0n) is 19.5. The van der Waals surface area contributed by atoms with Crippen LogP contribution in [0.15, 0.2) is 30.9 Å². The molecule has 11 nitrogen and oxygen atoms in total. The molecule has 0 radical (unpaired) electrons. The zero-order chi connectivity index (χ0) is 29.1. The second kappa shape index (κ2) is 11.1. The molecule has 2 heterocycles. The van der Waals surface area contributed by atoms with E-state index in [4.69, 9.17) is 25.5 Å². The summed E-state index contributed by atoms with van der Waals surface area (Å²) in [5.41, 5.74) is 6.33. The monoisotopic (exact) mass is 553 g/mol. The lowest BCUT2D eigenvalue weighted by Crippen LogP contribution is -2.45. The smallest absolute Gasteiger partial charge is 0.475 e. The molecule has 0 saturated heterocycles. The summed E-state index contributed by atoms with van der Waals surface area (Å²) >= 11 is 0. The topological polar surface area (TPSA) is 169 Å². The van der Waals surface area contributed by atoms with E-state index >= 15 is 0 Å². The van der Waals surface area contributed by atoms with Crippen molar-refractivity contribution in [1.29, 1.82) is 0 Å². The second-order valence-corrected chi connectivity index (χ2v) is 8.25. The summed E-state index contributed by atoms with van der Waals surface area (Å²) in [5.74, 6) is -5.65. The normalized spacial score (nSPS) is 15.7. The van der Waals surface area contributed by atoms with Gasteiger partial charge >= 0.3 is 24.3 Å². The molecule has 0 aromatic carbocycles. The summed E-state index contributed by atoms with van der Waals surface area (Å²) in [4.78, 5) is 52.6. The summed E-state index contributed by atoms with van der Waals surface area (Å²) in [6, 6.07) is 3.88. The number of imidazole rings is 1. The predicted octanol–water partition coefficient (Wildman–Crippen LogP) is 2.51. The number of carboxylic acids is 2. The lowest BCUT2D eigenvalue weighted by atomic mass is 10.0. The number of pyridine rings is 1. The van der Waals surface area contributed by atoms with Crippen LogP contribution in [0.1, 0.15) is 25.7 Å². The lowest BCUT2D eigenvalue weighted by molar-refractivity contribution is -0.193. The molecule has 2 aliphatic rings. The van der Waals surface area contributed by atoms with Crippen LogP contribution < -0.4 is 10.6 Å². The van der Waals surface area contributed by atoms with Gasteiger partial charge in [-0.3, -0.25) is 14.5 Å². The van der Waals surface area contributed by atoms with Gasteiger partial charge in [0.2, 0.25) is 11.8 Å². The number of primary amides is 1. The summed E-state index contributed by atoms with van der Waals surface area (Å²) in [6.07, 6.45) is -1.98. The highest BCUT2D eigenvalue weighted by molar-refractivity contribution is 6.13. The number of nitrogens with two attached hydrogens (primary N) is 1. The number of hydrogen-bond acceptors (Lipinski definition) is 6. The second-order valence-electron chi connectivity index (χ2n) is 8.25. The number of anilines is 1. The Kier molecular flexibility index (Phi) is 8.74. The van der Waals surface area contributed by atoms with Crippen molar-refractivity contribution < 1.29 is 55.7 Å². The van der Waals surface area contributed by atoms with Gasteiger partial charge in [-0.15, -0.1) is 0 Å². The molecule has 2 amide bonds. The highest BCUT2D eigenvalue weighted by Gasteiger charge is 2.59. The molecule has 2 aromatic rings. The van der Waals surface area contributed by atoms with Crippen LogP contribution in [0.2, 0.25) is 0 Å². The SMILES string of the molecule is Cn1cncc1-c1ccc(N(C(=O)C2(C(N)=O)CC2)C2CC2)nc1.O=C(O)C(F)(F)F.O=C(O)C(F)(F)F. The minimum absolute atomic E-state index is 0.129. The third kappa shape index (κ3) is 7.42. The number of aryl methyl sites for hydroxylation is 1. The maximum absolute atomic E-state index is 12.9. The number of alkyl halides is 6. The van der Waals surface area contributed by atoms with E-state index in [9.17, 15) is 35.9 Å². The molecule has 38 heavy (non-hydrogen) atoms. The van der Waals surface area contributed by atoms with Gasteiger partial charge in [0.05, 0.1) is 18.2 Å². The number of aliphatic carboxylic acids is 2. The minimum atomic E-state index is -5.08. The van der Waals surface area contributed by atoms with E-state index in [2.05, 4.69) is 9.97 Å². The molecule has 2 aliphatic carbocycles. The maximum atomic E-state index is 12.9. The highest BCUT2D eigenvalue weighted by Crippen LogP contribution is 2.49. The molecule has 208 valence electrons. The molecule has 4 N–H and O–H groups in total. The molecule has 2 saturated carbocycles. The molecule has 2 fully saturated rings. The Morgan fingerprint density at radius 2 is 1.50 bits per heavy atom. The quantitative estimate of drug-likeness (QED) is 0.375. The van der Waals surface area contributed by atoms with E-state index in [0.29, 0.717) is 18.7 Å². The molecule has 4 rings (SSSR count). The summed E-state index contributed by atoms with van der Waals surface area (Å²) in [7, 11) is 1.92. The summed E-state index contributed by atoms with van der Waals surface area (Å²) in [6.45, 7) is 0. The van der Waals surface area contributed by atoms with Crippen LogP contribution in [-0.2, 0) is 26.2 Å². The largest absolute Gasteiger partial charge is 0.490 e. The molecule has 0 aliphatic heterocycles. The van der Waals surface area contributed by atoms with Crippen LogP contribution in [0.3, 0.4) is 0 Å². The molecule has 0 spiro atoms. The third-order valence-corrected chi connectivity index (χ3v) is 5.35. The molecule has 2 aromatic heterocycles. The predicted molar refractivity (Wildman–Crippen MR) is 115 cm³/mol. The number of hydrogen-bond donors (Lipinski definition) is 3. The Balaban J connectivity index is 0.000000301. The average Bonchev–Trinajstić information content (AvgIpc) is 3.72. The summed E-state index contributed by atoms with van der Waals surface area (Å²) < 4.78 is 65.4. The van der Waals surface area contributed by atoms with Crippen LogP contribution >= 0.6 is 0 Å². The van der Waals surface area contributed by atoms with Crippen molar-refractivity contribution in [3.8, 4) is 11.3 Å². The van der Waals surface area contributed by atoms with Crippen LogP contribution in [0.5, 0.6) is 0 Å². The Bertz CT molecular complexity index is 1160. The van der Waals surface area contributed by atoms with Gasteiger partial charge in [0, 0.05) is 24.8 Å². The number of rotatable bonds is 5. The van der Waals surface area contributed by atoms with E-state index < -0.39 is 35.6 Å². The fourth-order valence-corrected chi connectivity index (χ4v) is 3.03. The van der Waals surface area contributed by atoms with Crippen LogP contribution in [-0.4, -0.2) is 66.9 Å². The van der Waals surface area contributed by atoms with Crippen molar-refractivity contribution in [3.05, 3.63) is 30.9 Å². The number of carbonyl (C=O) groups is 4. The van der Waals surface area contributed by atoms with E-state index in [-0.39, 0.29) is 11.9 Å². The Hall–Kier alpha value is -4.18. The van der Waals surface area contributed by atoms with Gasteiger partial charge in [-0.2, -0.15) is 26.3 Å². The first-order valence-corrected chi connectivity index (χ1v) is 10.6. The van der Waals surface area contributed by atoms with Gasteiger partial charge in [0.15, 0.2) is 0 Å². The first-order chi connectivity index (χ1) is 17.4. The van der Waals surface area contributed by atoms with Gasteiger partial charge < -0.3 is 20.5 Å². The fourth-order valence-electron chi connectivity index (χ4n) is 3.03. The Morgan fingerprint density at radius 3 is 1.79 bits per heavy atom. The highest BCUT2D eigenvalue weighted by atomic mass is 19.4. The first kappa shape index (κ1) is 30.0. The maximum Gasteiger partial charge on any atom is 0.490 e. The van der Waals surface area contributed by atoms with Gasteiger partial charge in [0.1, 0.15) is 11.2 Å². The van der Waals surface area contributed by atoms with Crippen LogP contribution in [0.25, 0.3) is 11.3 Å². The number of aromatic nitrogens is 3. The van der Waals surface area contributed by atoms with E-state index in [0.717, 1.165) is 24.1 Å². The standard InChI is InChI=1S/C17H19N5O2.2C2HF3O2/c1-21-10-19-9-13(21)11-2-5-14(20-8-11)22(12-3-4-12)16(24)17(6-7-17)15(18)23;2*3-2(4,5)1(6)7/h2,5,8-10,12H,3-4,6-7H2,1H3,(H2,18,23);2*(H,6,7). The molecular weight excluding hydrogens is 532 g/mol. The van der Waals surface area contributed by atoms with Gasteiger partial charge in [0.25, 0.3) is 0 Å². The van der Waals surface area contributed by atoms with E-state index in [1.807, 2.05) is 23.7 Å². The van der Waals surface area contributed by atoms with Gasteiger partial charge in [-0.1, -0.05) is 0 Å². The van der Waals surface area contributed by atoms with Gasteiger partial charge in [-0.05, 0) is 37.8 Å². The van der Waals surface area contributed by atoms with Crippen molar-refractivity contribution in [2.75, 3.05) is 4.90 Å². The Morgan fingerprint density at radius 1 is 1.00 bits per heavy atom. The number of amides is 2. The minimum Gasteiger partial charge on any atom is -0.475 e. The van der Waals surface area contributed by atoms with Crippen molar-refractivity contribution in [2.45, 2.75) is 44.1 Å². The molecule has 0 unspecified atom stereocenters. The van der Waals surface area contributed by atoms with Crippen molar-refractivity contribution in [2.24, 2.45) is 18.2 Å². The van der Waals surface area contributed by atoms with E-state index in [1.165, 1.54) is 0 Å². The number of halogens is 6. The van der Waals surface area contributed by atoms with E-state index in [1.54, 1.807) is 23.6 Å². The number of carbonyl (C=O) groups excluding carboxylic acids is 2. The lowest BCUT2D eigenvalue weighted by Gasteiger charge is -2.25. The molecule has 0 atom stereocenters. The third-order valence-electron chi connectivity index (χ3n) is 5.35. The number of nitrogens with zero attached hydrogens (tertiary/aromatic N) is 4. The molecule has 17 heteroatoms. The van der Waals surface area contributed by atoms with Crippen molar-refractivity contribution >= 4 is 29.6 Å². The number of carboxylic acid groups (broad SMARTS) is 2. The average molecular weight is 553 g/mol. The van der Waals surface area contributed by atoms with Crippen molar-refractivity contribution in [3.63, 3.8) is 0 Å². The van der Waals surface area contributed by atoms with Crippen LogP contribution in [0.4, 0.5) is 32.2 Å². The van der Waals surface area contributed by atoms with Gasteiger partial charge in [-0.25, -0.2) is 19.6 Å². The molecule has 0 bridgehead atoms.